The zero-order valence-corrected chi connectivity index (χ0v) is 14.5. The van der Waals surface area contributed by atoms with Crippen molar-refractivity contribution >= 4 is 5.96 Å². The number of benzene rings is 1. The minimum Gasteiger partial charge on any atom is -0.357 e. The molecule has 25 heavy (non-hydrogen) atoms. The van der Waals surface area contributed by atoms with Crippen LogP contribution in [0.3, 0.4) is 0 Å². The van der Waals surface area contributed by atoms with Crippen molar-refractivity contribution in [2.45, 2.75) is 32.9 Å². The van der Waals surface area contributed by atoms with Crippen LogP contribution in [0.15, 0.2) is 58.4 Å². The zero-order valence-electron chi connectivity index (χ0n) is 14.5. The Balaban J connectivity index is 1.77. The number of rotatable bonds is 8. The van der Waals surface area contributed by atoms with Gasteiger partial charge in [-0.25, -0.2) is 9.38 Å². The predicted molar refractivity (Wildman–Crippen MR) is 99.2 cm³/mol. The van der Waals surface area contributed by atoms with E-state index < -0.39 is 0 Å². The maximum Gasteiger partial charge on any atom is 0.250 e. The van der Waals surface area contributed by atoms with Gasteiger partial charge in [-0.05, 0) is 31.9 Å². The molecule has 2 rings (SSSR count). The number of aromatic nitrogens is 1. The molecule has 134 valence electrons. The Morgan fingerprint density at radius 2 is 1.92 bits per heavy atom. The molecule has 2 N–H and O–H groups in total. The van der Waals surface area contributed by atoms with Gasteiger partial charge in [-0.2, -0.15) is 0 Å². The summed E-state index contributed by atoms with van der Waals surface area (Å²) >= 11 is 0. The largest absolute Gasteiger partial charge is 0.357 e. The quantitative estimate of drug-likeness (QED) is 0.439. The van der Waals surface area contributed by atoms with E-state index in [0.717, 1.165) is 25.9 Å². The number of hydrogen-bond acceptors (Lipinski definition) is 2. The van der Waals surface area contributed by atoms with E-state index in [2.05, 4.69) is 15.6 Å². The number of unbranched alkanes of at least 4 members (excludes halogenated alkanes) is 1. The first kappa shape index (κ1) is 18.7. The third kappa shape index (κ3) is 6.41. The molecule has 1 heterocycles. The number of aliphatic imine (C=N–C) groups is 1. The van der Waals surface area contributed by atoms with Crippen molar-refractivity contribution in [3.63, 3.8) is 0 Å². The molecule has 1 aromatic heterocycles. The van der Waals surface area contributed by atoms with Gasteiger partial charge in [0.05, 0.1) is 6.54 Å². The van der Waals surface area contributed by atoms with Gasteiger partial charge in [0, 0.05) is 37.5 Å². The summed E-state index contributed by atoms with van der Waals surface area (Å²) in [7, 11) is 0. The molecule has 0 spiro atoms. The fourth-order valence-corrected chi connectivity index (χ4v) is 2.39. The van der Waals surface area contributed by atoms with Crippen LogP contribution in [-0.2, 0) is 13.1 Å². The number of halogens is 1. The van der Waals surface area contributed by atoms with Crippen molar-refractivity contribution in [2.24, 2.45) is 4.99 Å². The van der Waals surface area contributed by atoms with E-state index in [-0.39, 0.29) is 11.4 Å². The summed E-state index contributed by atoms with van der Waals surface area (Å²) in [6, 6.07) is 11.8. The number of nitrogens with zero attached hydrogens (tertiary/aromatic N) is 2. The molecule has 1 aromatic carbocycles. The van der Waals surface area contributed by atoms with Crippen molar-refractivity contribution in [2.75, 3.05) is 13.1 Å². The van der Waals surface area contributed by atoms with Gasteiger partial charge in [-0.15, -0.1) is 0 Å². The summed E-state index contributed by atoms with van der Waals surface area (Å²) in [5.74, 6) is 0.429. The fourth-order valence-electron chi connectivity index (χ4n) is 2.39. The van der Waals surface area contributed by atoms with Gasteiger partial charge in [0.25, 0.3) is 0 Å². The van der Waals surface area contributed by atoms with Crippen molar-refractivity contribution in [1.29, 1.82) is 0 Å². The van der Waals surface area contributed by atoms with Crippen LogP contribution in [0.25, 0.3) is 0 Å². The molecule has 0 aliphatic heterocycles. The topological polar surface area (TPSA) is 58.4 Å². The summed E-state index contributed by atoms with van der Waals surface area (Å²) in [6.45, 7) is 4.46. The van der Waals surface area contributed by atoms with Crippen LogP contribution in [0.4, 0.5) is 4.39 Å². The number of hydrogen-bond donors (Lipinski definition) is 2. The van der Waals surface area contributed by atoms with Crippen LogP contribution < -0.4 is 16.2 Å². The van der Waals surface area contributed by atoms with E-state index >= 15 is 0 Å². The van der Waals surface area contributed by atoms with Gasteiger partial charge in [0.2, 0.25) is 5.56 Å². The lowest BCUT2D eigenvalue weighted by molar-refractivity contribution is 0.585. The lowest BCUT2D eigenvalue weighted by Crippen LogP contribution is -2.37. The van der Waals surface area contributed by atoms with Gasteiger partial charge in [-0.1, -0.05) is 24.3 Å². The average molecular weight is 344 g/mol. The predicted octanol–water partition coefficient (Wildman–Crippen LogP) is 2.52. The lowest BCUT2D eigenvalue weighted by Gasteiger charge is -2.11. The number of nitrogens with one attached hydrogen (secondary N) is 2. The van der Waals surface area contributed by atoms with Crippen molar-refractivity contribution < 1.29 is 4.39 Å². The molecule has 0 amide bonds. The maximum absolute atomic E-state index is 13.6. The van der Waals surface area contributed by atoms with Crippen LogP contribution in [-0.4, -0.2) is 23.6 Å². The van der Waals surface area contributed by atoms with E-state index in [1.807, 2.05) is 13.0 Å². The van der Waals surface area contributed by atoms with Gasteiger partial charge < -0.3 is 15.2 Å². The first-order chi connectivity index (χ1) is 12.2. The minimum atomic E-state index is -0.240. The summed E-state index contributed by atoms with van der Waals surface area (Å²) in [5.41, 5.74) is 0.596. The smallest absolute Gasteiger partial charge is 0.250 e. The first-order valence-corrected chi connectivity index (χ1v) is 8.61. The summed E-state index contributed by atoms with van der Waals surface area (Å²) in [6.07, 6.45) is 3.60. The molecule has 0 bridgehead atoms. The molecule has 0 saturated heterocycles. The minimum absolute atomic E-state index is 0.0234. The van der Waals surface area contributed by atoms with Gasteiger partial charge in [-0.3, -0.25) is 4.79 Å². The molecule has 0 aliphatic carbocycles. The standard InChI is InChI=1S/C19H25FN4O/c1-2-21-19(23-15-16-9-3-4-10-17(16)20)22-12-6-8-14-24-13-7-5-11-18(24)25/h3-5,7,9-11,13H,2,6,8,12,14-15H2,1H3,(H2,21,22,23). The Bertz CT molecular complexity index is 742. The van der Waals surface area contributed by atoms with Crippen LogP contribution in [0.1, 0.15) is 25.3 Å². The van der Waals surface area contributed by atoms with E-state index in [0.29, 0.717) is 24.6 Å². The molecule has 0 atom stereocenters. The van der Waals surface area contributed by atoms with E-state index in [1.54, 1.807) is 41.1 Å². The monoisotopic (exact) mass is 344 g/mol. The highest BCUT2D eigenvalue weighted by molar-refractivity contribution is 5.79. The molecule has 0 radical (unpaired) electrons. The van der Waals surface area contributed by atoms with Gasteiger partial charge in [0.15, 0.2) is 5.96 Å². The second-order valence-corrected chi connectivity index (χ2v) is 5.65. The maximum atomic E-state index is 13.6. The van der Waals surface area contributed by atoms with E-state index in [1.165, 1.54) is 6.07 Å². The van der Waals surface area contributed by atoms with Crippen molar-refractivity contribution in [3.05, 3.63) is 70.4 Å². The van der Waals surface area contributed by atoms with Crippen LogP contribution in [0.2, 0.25) is 0 Å². The molecule has 6 heteroatoms. The molecule has 0 aliphatic rings. The Morgan fingerprint density at radius 1 is 1.12 bits per heavy atom. The SMILES string of the molecule is CCNC(=NCc1ccccc1F)NCCCCn1ccccc1=O. The second kappa shape index (κ2) is 10.3. The Labute approximate surface area is 147 Å². The molecular formula is C19H25FN4O. The lowest BCUT2D eigenvalue weighted by atomic mass is 10.2. The molecular weight excluding hydrogens is 319 g/mol. The molecule has 2 aromatic rings. The average Bonchev–Trinajstić information content (AvgIpc) is 2.62. The Kier molecular flexibility index (Phi) is 7.69. The third-order valence-corrected chi connectivity index (χ3v) is 3.73. The van der Waals surface area contributed by atoms with E-state index in [9.17, 15) is 9.18 Å². The van der Waals surface area contributed by atoms with Crippen LogP contribution >= 0.6 is 0 Å². The normalized spacial score (nSPS) is 11.4. The van der Waals surface area contributed by atoms with Crippen LogP contribution in [0, 0.1) is 5.82 Å². The molecule has 5 nitrogen and oxygen atoms in total. The molecule has 0 unspecified atom stereocenters. The molecule has 0 fully saturated rings. The number of aryl methyl sites for hydroxylation is 1. The van der Waals surface area contributed by atoms with Crippen molar-refractivity contribution in [1.82, 2.24) is 15.2 Å². The van der Waals surface area contributed by atoms with E-state index in [4.69, 9.17) is 0 Å². The Hall–Kier alpha value is -2.63. The number of pyridine rings is 1. The zero-order chi connectivity index (χ0) is 17.9. The highest BCUT2D eigenvalue weighted by Gasteiger charge is 2.01. The molecule has 0 saturated carbocycles. The first-order valence-electron chi connectivity index (χ1n) is 8.61. The fraction of sp³-hybridized carbons (Fsp3) is 0.368. The Morgan fingerprint density at radius 3 is 2.68 bits per heavy atom. The summed E-state index contributed by atoms with van der Waals surface area (Å²) in [5, 5.41) is 6.39. The highest BCUT2D eigenvalue weighted by Crippen LogP contribution is 2.07. The highest BCUT2D eigenvalue weighted by atomic mass is 19.1. The second-order valence-electron chi connectivity index (χ2n) is 5.65. The van der Waals surface area contributed by atoms with Crippen molar-refractivity contribution in [3.8, 4) is 0 Å². The van der Waals surface area contributed by atoms with Gasteiger partial charge in [0.1, 0.15) is 5.82 Å². The van der Waals surface area contributed by atoms with Gasteiger partial charge >= 0.3 is 0 Å². The van der Waals surface area contributed by atoms with Crippen LogP contribution in [0.5, 0.6) is 0 Å². The summed E-state index contributed by atoms with van der Waals surface area (Å²) < 4.78 is 15.3. The number of guanidine groups is 1. The summed E-state index contributed by atoms with van der Waals surface area (Å²) in [4.78, 5) is 16.0. The third-order valence-electron chi connectivity index (χ3n) is 3.73.